The summed E-state index contributed by atoms with van der Waals surface area (Å²) in [5.74, 6) is 0.245. The summed E-state index contributed by atoms with van der Waals surface area (Å²) >= 11 is 0. The van der Waals surface area contributed by atoms with Gasteiger partial charge in [0, 0.05) is 11.6 Å². The third kappa shape index (κ3) is 11.8. The van der Waals surface area contributed by atoms with Gasteiger partial charge in [-0.25, -0.2) is 4.79 Å². The minimum Gasteiger partial charge on any atom is -0.520 e. The van der Waals surface area contributed by atoms with E-state index in [0.29, 0.717) is 5.95 Å². The van der Waals surface area contributed by atoms with Gasteiger partial charge >= 0.3 is 5.97 Å². The summed E-state index contributed by atoms with van der Waals surface area (Å²) in [5.41, 5.74) is 0.817. The van der Waals surface area contributed by atoms with Crippen molar-refractivity contribution < 1.29 is 18.1 Å². The molecule has 0 aliphatic rings. The molecule has 0 aromatic rings. The first-order chi connectivity index (χ1) is 9.59. The fraction of sp³-hybridized carbons (Fsp3) is 0.667. The van der Waals surface area contributed by atoms with E-state index >= 15 is 0 Å². The molecule has 0 radical (unpaired) electrons. The van der Waals surface area contributed by atoms with Crippen molar-refractivity contribution in [2.24, 2.45) is 0 Å². The Labute approximate surface area is 138 Å². The van der Waals surface area contributed by atoms with Gasteiger partial charge in [-0.2, -0.15) is 0 Å². The molecule has 0 aliphatic carbocycles. The van der Waals surface area contributed by atoms with E-state index in [1.165, 1.54) is 6.08 Å². The smallest absolute Gasteiger partial charge is 0.317 e. The van der Waals surface area contributed by atoms with Gasteiger partial charge < -0.3 is 13.3 Å². The number of carbonyl (C=O) groups excluding carboxylic acids is 1. The number of allylic oxidation sites excluding steroid dienone is 2. The zero-order valence-corrected chi connectivity index (χ0v) is 18.8. The highest BCUT2D eigenvalue weighted by atomic mass is 28.4. The van der Waals surface area contributed by atoms with Gasteiger partial charge in [0.1, 0.15) is 0 Å². The predicted molar refractivity (Wildman–Crippen MR) is 100 cm³/mol. The SMILES string of the molecule is CC(/C=C/C(=O)O[Si](C)(C)C)=C(O[Si](C)(C)C)O[Si](C)(C)C. The lowest BCUT2D eigenvalue weighted by atomic mass is 10.3. The molecule has 0 saturated carbocycles. The molecular formula is C15H32O4Si3. The average Bonchev–Trinajstić information content (AvgIpc) is 2.18. The predicted octanol–water partition coefficient (Wildman–Crippen LogP) is 4.86. The lowest BCUT2D eigenvalue weighted by molar-refractivity contribution is -0.129. The van der Waals surface area contributed by atoms with Gasteiger partial charge in [0.15, 0.2) is 0 Å². The van der Waals surface area contributed by atoms with Gasteiger partial charge in [-0.05, 0) is 71.9 Å². The molecule has 0 N–H and O–H groups in total. The molecule has 0 saturated heterocycles. The van der Waals surface area contributed by atoms with Crippen molar-refractivity contribution in [1.29, 1.82) is 0 Å². The van der Waals surface area contributed by atoms with Gasteiger partial charge in [0.25, 0.3) is 5.95 Å². The van der Waals surface area contributed by atoms with Crippen molar-refractivity contribution in [3.05, 3.63) is 23.7 Å². The lowest BCUT2D eigenvalue weighted by Gasteiger charge is -2.28. The molecule has 0 unspecified atom stereocenters. The van der Waals surface area contributed by atoms with Crippen LogP contribution in [0.15, 0.2) is 23.7 Å². The van der Waals surface area contributed by atoms with Crippen LogP contribution >= 0.6 is 0 Å². The Kier molecular flexibility index (Phi) is 7.37. The highest BCUT2D eigenvalue weighted by molar-refractivity contribution is 6.71. The zero-order chi connectivity index (χ0) is 17.8. The number of rotatable bonds is 7. The van der Waals surface area contributed by atoms with Crippen LogP contribution in [0.5, 0.6) is 0 Å². The number of hydrogen-bond donors (Lipinski definition) is 0. The lowest BCUT2D eigenvalue weighted by Crippen LogP contribution is -2.32. The minimum atomic E-state index is -1.86. The van der Waals surface area contributed by atoms with E-state index in [1.807, 2.05) is 26.6 Å². The standard InChI is InChI=1S/C15H32O4Si3/c1-13(11-12-14(16)17-20(2,3)4)15(18-21(5,6)7)19-22(8,9)10/h11-12H,1-10H3/b12-11+. The molecule has 0 amide bonds. The highest BCUT2D eigenvalue weighted by Gasteiger charge is 2.25. The fourth-order valence-electron chi connectivity index (χ4n) is 1.33. The maximum Gasteiger partial charge on any atom is 0.317 e. The van der Waals surface area contributed by atoms with E-state index in [1.54, 1.807) is 6.08 Å². The van der Waals surface area contributed by atoms with Crippen molar-refractivity contribution in [3.63, 3.8) is 0 Å². The summed E-state index contributed by atoms with van der Waals surface area (Å²) in [7, 11) is -5.42. The van der Waals surface area contributed by atoms with Crippen LogP contribution in [0.2, 0.25) is 58.9 Å². The summed E-state index contributed by atoms with van der Waals surface area (Å²) < 4.78 is 17.5. The van der Waals surface area contributed by atoms with E-state index in [0.717, 1.165) is 5.57 Å². The first kappa shape index (κ1) is 21.2. The summed E-state index contributed by atoms with van der Waals surface area (Å²) in [5, 5.41) is 0. The average molecular weight is 361 g/mol. The van der Waals surface area contributed by atoms with E-state index < -0.39 is 25.0 Å². The number of carbonyl (C=O) groups is 1. The van der Waals surface area contributed by atoms with Crippen LogP contribution in [0.4, 0.5) is 0 Å². The third-order valence-electron chi connectivity index (χ3n) is 2.00. The monoisotopic (exact) mass is 360 g/mol. The second kappa shape index (κ2) is 7.65. The topological polar surface area (TPSA) is 44.8 Å². The summed E-state index contributed by atoms with van der Waals surface area (Å²) in [4.78, 5) is 11.8. The van der Waals surface area contributed by atoms with E-state index in [2.05, 4.69) is 39.3 Å². The van der Waals surface area contributed by atoms with Gasteiger partial charge in [-0.3, -0.25) is 0 Å². The Morgan fingerprint density at radius 3 is 1.36 bits per heavy atom. The summed E-state index contributed by atoms with van der Waals surface area (Å²) in [6.45, 7) is 20.5. The molecule has 0 aliphatic heterocycles. The maximum absolute atomic E-state index is 11.8. The van der Waals surface area contributed by atoms with E-state index in [9.17, 15) is 4.79 Å². The molecule has 0 aromatic heterocycles. The molecule has 22 heavy (non-hydrogen) atoms. The van der Waals surface area contributed by atoms with Crippen molar-refractivity contribution >= 4 is 30.9 Å². The normalized spacial score (nSPS) is 13.0. The van der Waals surface area contributed by atoms with Gasteiger partial charge in [0.2, 0.25) is 25.0 Å². The van der Waals surface area contributed by atoms with Gasteiger partial charge in [-0.1, -0.05) is 0 Å². The third-order valence-corrected chi connectivity index (χ3v) is 4.41. The second-order valence-electron chi connectivity index (χ2n) is 8.27. The van der Waals surface area contributed by atoms with Crippen LogP contribution < -0.4 is 0 Å². The summed E-state index contributed by atoms with van der Waals surface area (Å²) in [6, 6.07) is 0. The van der Waals surface area contributed by atoms with Crippen molar-refractivity contribution in [2.45, 2.75) is 65.8 Å². The van der Waals surface area contributed by atoms with Crippen LogP contribution in [0.25, 0.3) is 0 Å². The Bertz CT molecular complexity index is 431. The van der Waals surface area contributed by atoms with Crippen molar-refractivity contribution in [3.8, 4) is 0 Å². The second-order valence-corrected chi connectivity index (χ2v) is 21.6. The summed E-state index contributed by atoms with van der Waals surface area (Å²) in [6.07, 6.45) is 3.17. The molecule has 0 rings (SSSR count). The van der Waals surface area contributed by atoms with Crippen LogP contribution in [-0.2, 0) is 18.1 Å². The molecule has 0 heterocycles. The largest absolute Gasteiger partial charge is 0.520 e. The van der Waals surface area contributed by atoms with E-state index in [-0.39, 0.29) is 5.97 Å². The molecule has 0 atom stereocenters. The van der Waals surface area contributed by atoms with Gasteiger partial charge in [0.05, 0.1) is 0 Å². The molecule has 0 bridgehead atoms. The van der Waals surface area contributed by atoms with Gasteiger partial charge in [-0.15, -0.1) is 0 Å². The zero-order valence-electron chi connectivity index (χ0n) is 15.8. The maximum atomic E-state index is 11.8. The quantitative estimate of drug-likeness (QED) is 0.281. The molecule has 0 aromatic carbocycles. The minimum absolute atomic E-state index is 0.307. The molecule has 7 heteroatoms. The molecule has 0 spiro atoms. The Balaban J connectivity index is 5.22. The van der Waals surface area contributed by atoms with Crippen LogP contribution in [0.3, 0.4) is 0 Å². The number of hydrogen-bond acceptors (Lipinski definition) is 4. The van der Waals surface area contributed by atoms with Crippen molar-refractivity contribution in [1.82, 2.24) is 0 Å². The molecular weight excluding hydrogens is 328 g/mol. The van der Waals surface area contributed by atoms with Crippen molar-refractivity contribution in [2.75, 3.05) is 0 Å². The van der Waals surface area contributed by atoms with Crippen LogP contribution in [0.1, 0.15) is 6.92 Å². The van der Waals surface area contributed by atoms with Crippen LogP contribution in [-0.4, -0.2) is 30.9 Å². The Morgan fingerprint density at radius 2 is 1.05 bits per heavy atom. The first-order valence-electron chi connectivity index (χ1n) is 7.59. The highest BCUT2D eigenvalue weighted by Crippen LogP contribution is 2.21. The first-order valence-corrected chi connectivity index (χ1v) is 17.8. The molecule has 4 nitrogen and oxygen atoms in total. The van der Waals surface area contributed by atoms with Crippen LogP contribution in [0, 0.1) is 0 Å². The molecule has 128 valence electrons. The fourth-order valence-corrected chi connectivity index (χ4v) is 3.61. The Hall–Kier alpha value is -0.799. The Morgan fingerprint density at radius 1 is 0.682 bits per heavy atom. The van der Waals surface area contributed by atoms with E-state index in [4.69, 9.17) is 13.3 Å². The molecule has 0 fully saturated rings.